The van der Waals surface area contributed by atoms with Gasteiger partial charge in [-0.25, -0.2) is 4.99 Å². The number of hydrogen-bond donors (Lipinski definition) is 1. The third-order valence-corrected chi connectivity index (χ3v) is 5.59. The number of halogens is 1. The molecular formula is C26H24BrN3O. The van der Waals surface area contributed by atoms with Crippen molar-refractivity contribution < 1.29 is 4.79 Å². The molecule has 4 nitrogen and oxygen atoms in total. The highest BCUT2D eigenvalue weighted by Crippen LogP contribution is 2.26. The maximum atomic E-state index is 13.3. The first-order valence-corrected chi connectivity index (χ1v) is 10.9. The molecule has 31 heavy (non-hydrogen) atoms. The third-order valence-electron chi connectivity index (χ3n) is 5.06. The zero-order chi connectivity index (χ0) is 22.0. The maximum absolute atomic E-state index is 13.3. The molecule has 0 atom stereocenters. The number of hydrogen-bond acceptors (Lipinski definition) is 3. The number of benzene rings is 3. The van der Waals surface area contributed by atoms with Gasteiger partial charge in [-0.3, -0.25) is 10.2 Å². The van der Waals surface area contributed by atoms with Gasteiger partial charge in [0, 0.05) is 10.0 Å². The fourth-order valence-electron chi connectivity index (χ4n) is 3.29. The van der Waals surface area contributed by atoms with Gasteiger partial charge in [0.05, 0.1) is 5.69 Å². The minimum atomic E-state index is -0.193. The Labute approximate surface area is 191 Å². The molecule has 0 spiro atoms. The molecule has 1 amide bonds. The molecule has 4 rings (SSSR count). The van der Waals surface area contributed by atoms with Gasteiger partial charge in [0.2, 0.25) is 0 Å². The highest BCUT2D eigenvalue weighted by molar-refractivity contribution is 9.10. The molecule has 1 heterocycles. The average Bonchev–Trinajstić information content (AvgIpc) is 3.05. The van der Waals surface area contributed by atoms with Gasteiger partial charge < -0.3 is 0 Å². The van der Waals surface area contributed by atoms with E-state index in [1.807, 2.05) is 72.8 Å². The van der Waals surface area contributed by atoms with Crippen LogP contribution in [0.25, 0.3) is 6.08 Å². The fourth-order valence-corrected chi connectivity index (χ4v) is 3.56. The van der Waals surface area contributed by atoms with E-state index in [-0.39, 0.29) is 11.3 Å². The maximum Gasteiger partial charge on any atom is 0.297 e. The number of nitrogens with zero attached hydrogens (tertiary/aromatic N) is 2. The highest BCUT2D eigenvalue weighted by Gasteiger charge is 2.32. The minimum absolute atomic E-state index is 0.0560. The van der Waals surface area contributed by atoms with Crippen molar-refractivity contribution >= 4 is 39.4 Å². The quantitative estimate of drug-likeness (QED) is 0.445. The smallest absolute Gasteiger partial charge is 0.290 e. The van der Waals surface area contributed by atoms with Crippen molar-refractivity contribution in [3.8, 4) is 0 Å². The molecule has 3 aromatic rings. The topological polar surface area (TPSA) is 44.7 Å². The number of carbonyl (C=O) groups excluding carboxylic acids is 1. The lowest BCUT2D eigenvalue weighted by atomic mass is 9.86. The van der Waals surface area contributed by atoms with Gasteiger partial charge in [0.25, 0.3) is 5.91 Å². The lowest BCUT2D eigenvalue weighted by Gasteiger charge is -2.22. The van der Waals surface area contributed by atoms with Crippen LogP contribution < -0.4 is 5.43 Å². The van der Waals surface area contributed by atoms with Gasteiger partial charge in [-0.15, -0.1) is 0 Å². The number of amidine groups is 1. The van der Waals surface area contributed by atoms with Crippen LogP contribution in [0.1, 0.15) is 37.5 Å². The van der Waals surface area contributed by atoms with Crippen molar-refractivity contribution in [1.29, 1.82) is 0 Å². The number of anilines is 1. The Morgan fingerprint density at radius 2 is 1.55 bits per heavy atom. The van der Waals surface area contributed by atoms with Crippen LogP contribution in [0.3, 0.4) is 0 Å². The lowest BCUT2D eigenvalue weighted by molar-refractivity contribution is -0.121. The molecule has 0 bridgehead atoms. The molecule has 0 aliphatic carbocycles. The predicted octanol–water partition coefficient (Wildman–Crippen LogP) is 6.40. The average molecular weight is 474 g/mol. The van der Waals surface area contributed by atoms with Gasteiger partial charge in [-0.05, 0) is 46.9 Å². The van der Waals surface area contributed by atoms with Crippen LogP contribution in [0.2, 0.25) is 0 Å². The zero-order valence-corrected chi connectivity index (χ0v) is 19.3. The Morgan fingerprint density at radius 3 is 2.16 bits per heavy atom. The Morgan fingerprint density at radius 1 is 0.903 bits per heavy atom. The Kier molecular flexibility index (Phi) is 5.79. The minimum Gasteiger partial charge on any atom is -0.290 e. The summed E-state index contributed by atoms with van der Waals surface area (Å²) in [5.41, 5.74) is 7.50. The largest absolute Gasteiger partial charge is 0.297 e. The molecule has 1 N–H and O–H groups in total. The second-order valence-corrected chi connectivity index (χ2v) is 9.38. The summed E-state index contributed by atoms with van der Waals surface area (Å²) in [7, 11) is 0. The number of amides is 1. The van der Waals surface area contributed by atoms with Gasteiger partial charge in [0.1, 0.15) is 5.70 Å². The van der Waals surface area contributed by atoms with Gasteiger partial charge >= 0.3 is 0 Å². The van der Waals surface area contributed by atoms with E-state index in [1.54, 1.807) is 0 Å². The molecule has 0 saturated heterocycles. The van der Waals surface area contributed by atoms with Crippen molar-refractivity contribution in [1.82, 2.24) is 5.01 Å². The van der Waals surface area contributed by atoms with Crippen molar-refractivity contribution in [3.05, 3.63) is 106 Å². The molecule has 0 unspecified atom stereocenters. The summed E-state index contributed by atoms with van der Waals surface area (Å²) in [6, 6.07) is 25.7. The SMILES string of the molecule is CC(C)(C)c1ccc(C2=N/C(=C\c3ccc(Br)cc3)C(=O)N2Nc2ccccc2)cc1. The van der Waals surface area contributed by atoms with Crippen molar-refractivity contribution in [2.45, 2.75) is 26.2 Å². The highest BCUT2D eigenvalue weighted by atomic mass is 79.9. The summed E-state index contributed by atoms with van der Waals surface area (Å²) in [6.45, 7) is 6.54. The monoisotopic (exact) mass is 473 g/mol. The Balaban J connectivity index is 1.73. The van der Waals surface area contributed by atoms with Crippen LogP contribution >= 0.6 is 15.9 Å². The number of nitrogens with one attached hydrogen (secondary N) is 1. The molecular weight excluding hydrogens is 450 g/mol. The van der Waals surface area contributed by atoms with Crippen LogP contribution in [-0.2, 0) is 10.2 Å². The summed E-state index contributed by atoms with van der Waals surface area (Å²) in [6.07, 6.45) is 1.81. The van der Waals surface area contributed by atoms with Crippen LogP contribution in [-0.4, -0.2) is 16.8 Å². The predicted molar refractivity (Wildman–Crippen MR) is 131 cm³/mol. The molecule has 0 aromatic heterocycles. The number of hydrazine groups is 1. The summed E-state index contributed by atoms with van der Waals surface area (Å²) < 4.78 is 0.989. The second-order valence-electron chi connectivity index (χ2n) is 8.46. The third kappa shape index (κ3) is 4.78. The van der Waals surface area contributed by atoms with E-state index in [0.29, 0.717) is 11.5 Å². The summed E-state index contributed by atoms with van der Waals surface area (Å²) >= 11 is 3.44. The molecule has 0 saturated carbocycles. The first-order chi connectivity index (χ1) is 14.8. The molecule has 0 fully saturated rings. The normalized spacial score (nSPS) is 15.4. The summed E-state index contributed by atoms with van der Waals surface area (Å²) in [4.78, 5) is 18.0. The van der Waals surface area contributed by atoms with Gasteiger partial charge in [-0.1, -0.05) is 91.3 Å². The number of aliphatic imine (C=N–C) groups is 1. The zero-order valence-electron chi connectivity index (χ0n) is 17.8. The molecule has 1 aliphatic rings. The Bertz CT molecular complexity index is 1140. The molecule has 3 aromatic carbocycles. The van der Waals surface area contributed by atoms with Crippen LogP contribution in [0.5, 0.6) is 0 Å². The first kappa shape index (κ1) is 21.1. The van der Waals surface area contributed by atoms with E-state index in [9.17, 15) is 4.79 Å². The standard InChI is InChI=1S/C26H24BrN3O/c1-26(2,3)20-13-11-19(12-14-20)24-28-23(17-18-9-15-21(27)16-10-18)25(31)30(24)29-22-7-5-4-6-8-22/h4-17,29H,1-3H3/b23-17-. The summed E-state index contributed by atoms with van der Waals surface area (Å²) in [5.74, 6) is 0.388. The second kappa shape index (κ2) is 8.52. The van der Waals surface area contributed by atoms with E-state index in [2.05, 4.69) is 54.3 Å². The lowest BCUT2D eigenvalue weighted by Crippen LogP contribution is -2.37. The van der Waals surface area contributed by atoms with E-state index < -0.39 is 0 Å². The number of rotatable bonds is 4. The van der Waals surface area contributed by atoms with Gasteiger partial charge in [-0.2, -0.15) is 5.01 Å². The molecule has 0 radical (unpaired) electrons. The summed E-state index contributed by atoms with van der Waals surface area (Å²) in [5, 5.41) is 1.52. The van der Waals surface area contributed by atoms with Crippen molar-refractivity contribution in [2.75, 3.05) is 5.43 Å². The Hall–Kier alpha value is -3.18. The van der Waals surface area contributed by atoms with E-state index in [0.717, 1.165) is 21.3 Å². The number of carbonyl (C=O) groups is 1. The fraction of sp³-hybridized carbons (Fsp3) is 0.154. The molecule has 1 aliphatic heterocycles. The van der Waals surface area contributed by atoms with Crippen LogP contribution in [0.4, 0.5) is 5.69 Å². The van der Waals surface area contributed by atoms with Crippen molar-refractivity contribution in [2.24, 2.45) is 4.99 Å². The van der Waals surface area contributed by atoms with Crippen molar-refractivity contribution in [3.63, 3.8) is 0 Å². The van der Waals surface area contributed by atoms with Gasteiger partial charge in [0.15, 0.2) is 5.84 Å². The number of para-hydroxylation sites is 1. The molecule has 5 heteroatoms. The van der Waals surface area contributed by atoms with E-state index in [4.69, 9.17) is 4.99 Å². The first-order valence-electron chi connectivity index (χ1n) is 10.1. The van der Waals surface area contributed by atoms with E-state index >= 15 is 0 Å². The van der Waals surface area contributed by atoms with Crippen LogP contribution in [0.15, 0.2) is 94.0 Å². The van der Waals surface area contributed by atoms with Crippen LogP contribution in [0, 0.1) is 0 Å². The van der Waals surface area contributed by atoms with E-state index in [1.165, 1.54) is 10.6 Å². The molecule has 156 valence electrons.